The monoisotopic (exact) mass is 382 g/mol. The molecule has 6 heteroatoms. The molecule has 0 unspecified atom stereocenters. The first-order chi connectivity index (χ1) is 13.2. The summed E-state index contributed by atoms with van der Waals surface area (Å²) in [6.07, 6.45) is 0. The Morgan fingerprint density at radius 1 is 0.679 bits per heavy atom. The molecule has 0 saturated carbocycles. The van der Waals surface area contributed by atoms with Gasteiger partial charge in [0.25, 0.3) is 11.8 Å². The second kappa shape index (κ2) is 9.26. The van der Waals surface area contributed by atoms with E-state index in [1.165, 1.54) is 0 Å². The van der Waals surface area contributed by atoms with E-state index in [1.807, 2.05) is 0 Å². The second-order valence-corrected chi connectivity index (χ2v) is 7.38. The van der Waals surface area contributed by atoms with Crippen LogP contribution in [0.2, 0.25) is 0 Å². The van der Waals surface area contributed by atoms with Crippen molar-refractivity contribution in [1.82, 2.24) is 10.6 Å². The Kier molecular flexibility index (Phi) is 7.04. The summed E-state index contributed by atoms with van der Waals surface area (Å²) in [7, 11) is 0. The first kappa shape index (κ1) is 21.3. The summed E-state index contributed by atoms with van der Waals surface area (Å²) in [5.74, 6) is -0.939. The number of fused-ring (bicyclic) bond motifs is 1. The van der Waals surface area contributed by atoms with Gasteiger partial charge in [-0.2, -0.15) is 0 Å². The smallest absolute Gasteiger partial charge is 0.251 e. The molecular formula is C22H26N2O4. The molecule has 0 bridgehead atoms. The lowest BCUT2D eigenvalue weighted by Gasteiger charge is -2.09. The van der Waals surface area contributed by atoms with Gasteiger partial charge in [0, 0.05) is 23.0 Å². The Hall–Kier alpha value is -3.02. The highest BCUT2D eigenvalue weighted by atomic mass is 16.2. The number of carbonyl (C=O) groups is 4. The van der Waals surface area contributed by atoms with E-state index < -0.39 is 0 Å². The molecule has 0 aromatic heterocycles. The van der Waals surface area contributed by atoms with Crippen molar-refractivity contribution >= 4 is 34.2 Å². The second-order valence-electron chi connectivity index (χ2n) is 7.38. The van der Waals surface area contributed by atoms with Crippen molar-refractivity contribution in [3.8, 4) is 0 Å². The molecule has 148 valence electrons. The highest BCUT2D eigenvalue weighted by molar-refractivity contribution is 6.03. The first-order valence-electron chi connectivity index (χ1n) is 9.34. The van der Waals surface area contributed by atoms with E-state index >= 15 is 0 Å². The number of carbonyl (C=O) groups excluding carboxylic acids is 4. The van der Waals surface area contributed by atoms with E-state index in [9.17, 15) is 19.2 Å². The number of hydrogen-bond donors (Lipinski definition) is 2. The third-order valence-corrected chi connectivity index (χ3v) is 4.50. The maximum atomic E-state index is 12.2. The van der Waals surface area contributed by atoms with E-state index in [0.29, 0.717) is 11.1 Å². The Labute approximate surface area is 164 Å². The van der Waals surface area contributed by atoms with E-state index in [1.54, 1.807) is 64.1 Å². The number of hydrogen-bond acceptors (Lipinski definition) is 4. The minimum Gasteiger partial charge on any atom is -0.345 e. The molecule has 2 aromatic carbocycles. The molecule has 0 atom stereocenters. The summed E-state index contributed by atoms with van der Waals surface area (Å²) in [4.78, 5) is 47.8. The summed E-state index contributed by atoms with van der Waals surface area (Å²) in [6.45, 7) is 7.16. The van der Waals surface area contributed by atoms with Crippen LogP contribution in [0.5, 0.6) is 0 Å². The van der Waals surface area contributed by atoms with Crippen molar-refractivity contribution < 1.29 is 19.2 Å². The van der Waals surface area contributed by atoms with E-state index in [0.717, 1.165) is 10.8 Å². The predicted octanol–water partition coefficient (Wildman–Crippen LogP) is 2.75. The van der Waals surface area contributed by atoms with Crippen LogP contribution in [0.15, 0.2) is 36.4 Å². The Bertz CT molecular complexity index is 841. The van der Waals surface area contributed by atoms with Crippen LogP contribution in [0.25, 0.3) is 10.8 Å². The molecule has 28 heavy (non-hydrogen) atoms. The van der Waals surface area contributed by atoms with Crippen LogP contribution in [0.3, 0.4) is 0 Å². The standard InChI is InChI=1S/C22H26N2O4/c1-13(2)19(25)11-23-21(27)17-7-5-16-10-18(8-6-15(16)9-17)22(28)24-12-20(26)14(3)4/h5-10,13-14H,11-12H2,1-4H3,(H,23,27)(H,24,28). The lowest BCUT2D eigenvalue weighted by Crippen LogP contribution is -2.31. The molecule has 0 radical (unpaired) electrons. The molecule has 2 rings (SSSR count). The molecule has 0 aliphatic rings. The van der Waals surface area contributed by atoms with E-state index in [2.05, 4.69) is 10.6 Å². The van der Waals surface area contributed by atoms with Crippen LogP contribution in [-0.2, 0) is 9.59 Å². The van der Waals surface area contributed by atoms with Crippen molar-refractivity contribution in [2.75, 3.05) is 13.1 Å². The SMILES string of the molecule is CC(C)C(=O)CNC(=O)c1ccc2cc(C(=O)NCC(=O)C(C)C)ccc2c1. The van der Waals surface area contributed by atoms with Gasteiger partial charge in [-0.3, -0.25) is 19.2 Å². The van der Waals surface area contributed by atoms with Gasteiger partial charge >= 0.3 is 0 Å². The van der Waals surface area contributed by atoms with Gasteiger partial charge in [-0.1, -0.05) is 39.8 Å². The molecule has 2 amide bonds. The minimum absolute atomic E-state index is 0.00272. The Morgan fingerprint density at radius 2 is 1.04 bits per heavy atom. The molecule has 0 saturated heterocycles. The highest BCUT2D eigenvalue weighted by Gasteiger charge is 2.13. The number of amides is 2. The number of Topliss-reactive ketones (excluding diaryl/α,β-unsaturated/α-hetero) is 2. The zero-order valence-electron chi connectivity index (χ0n) is 16.7. The fraction of sp³-hybridized carbons (Fsp3) is 0.364. The summed E-state index contributed by atoms with van der Waals surface area (Å²) in [5, 5.41) is 6.86. The number of nitrogens with one attached hydrogen (secondary N) is 2. The fourth-order valence-corrected chi connectivity index (χ4v) is 2.48. The third-order valence-electron chi connectivity index (χ3n) is 4.50. The molecular weight excluding hydrogens is 356 g/mol. The molecule has 0 heterocycles. The van der Waals surface area contributed by atoms with Gasteiger partial charge in [0.15, 0.2) is 11.6 Å². The molecule has 0 fully saturated rings. The van der Waals surface area contributed by atoms with Gasteiger partial charge in [-0.05, 0) is 35.0 Å². The van der Waals surface area contributed by atoms with Crippen LogP contribution in [0, 0.1) is 11.8 Å². The highest BCUT2D eigenvalue weighted by Crippen LogP contribution is 2.18. The number of benzene rings is 2. The summed E-state index contributed by atoms with van der Waals surface area (Å²) >= 11 is 0. The predicted molar refractivity (Wildman–Crippen MR) is 108 cm³/mol. The molecule has 0 spiro atoms. The number of rotatable bonds is 8. The Morgan fingerprint density at radius 3 is 1.36 bits per heavy atom. The van der Waals surface area contributed by atoms with Crippen molar-refractivity contribution in [2.45, 2.75) is 27.7 Å². The van der Waals surface area contributed by atoms with Crippen LogP contribution < -0.4 is 10.6 Å². The first-order valence-corrected chi connectivity index (χ1v) is 9.34. The van der Waals surface area contributed by atoms with Crippen molar-refractivity contribution in [1.29, 1.82) is 0 Å². The van der Waals surface area contributed by atoms with Gasteiger partial charge in [0.05, 0.1) is 13.1 Å². The van der Waals surface area contributed by atoms with Crippen molar-refractivity contribution in [3.05, 3.63) is 47.5 Å². The average molecular weight is 382 g/mol. The maximum Gasteiger partial charge on any atom is 0.251 e. The summed E-state index contributed by atoms with van der Waals surface area (Å²) < 4.78 is 0. The Balaban J connectivity index is 2.09. The fourth-order valence-electron chi connectivity index (χ4n) is 2.48. The summed E-state index contributed by atoms with van der Waals surface area (Å²) in [5.41, 5.74) is 0.896. The van der Waals surface area contributed by atoms with Crippen LogP contribution >= 0.6 is 0 Å². The van der Waals surface area contributed by atoms with Gasteiger partial charge in [-0.25, -0.2) is 0 Å². The molecule has 2 aromatic rings. The normalized spacial score (nSPS) is 10.9. The molecule has 2 N–H and O–H groups in total. The molecule has 0 aliphatic heterocycles. The topological polar surface area (TPSA) is 92.3 Å². The zero-order valence-corrected chi connectivity index (χ0v) is 16.7. The third kappa shape index (κ3) is 5.49. The van der Waals surface area contributed by atoms with Crippen LogP contribution in [0.4, 0.5) is 0 Å². The maximum absolute atomic E-state index is 12.2. The lowest BCUT2D eigenvalue weighted by atomic mass is 10.0. The van der Waals surface area contributed by atoms with Gasteiger partial charge in [0.2, 0.25) is 0 Å². The largest absolute Gasteiger partial charge is 0.345 e. The van der Waals surface area contributed by atoms with Gasteiger partial charge in [-0.15, -0.1) is 0 Å². The lowest BCUT2D eigenvalue weighted by molar-refractivity contribution is -0.121. The minimum atomic E-state index is -0.315. The zero-order chi connectivity index (χ0) is 20.8. The quantitative estimate of drug-likeness (QED) is 0.734. The number of ketones is 2. The van der Waals surface area contributed by atoms with Crippen LogP contribution in [-0.4, -0.2) is 36.5 Å². The molecule has 0 aliphatic carbocycles. The van der Waals surface area contributed by atoms with E-state index in [4.69, 9.17) is 0 Å². The van der Waals surface area contributed by atoms with Crippen molar-refractivity contribution in [3.63, 3.8) is 0 Å². The van der Waals surface area contributed by atoms with Crippen molar-refractivity contribution in [2.24, 2.45) is 11.8 Å². The van der Waals surface area contributed by atoms with Crippen LogP contribution in [0.1, 0.15) is 48.4 Å². The van der Waals surface area contributed by atoms with Gasteiger partial charge in [0.1, 0.15) is 0 Å². The van der Waals surface area contributed by atoms with E-state index in [-0.39, 0.29) is 48.3 Å². The average Bonchev–Trinajstić information content (AvgIpc) is 2.68. The summed E-state index contributed by atoms with van der Waals surface area (Å²) in [6, 6.07) is 10.3. The van der Waals surface area contributed by atoms with Gasteiger partial charge < -0.3 is 10.6 Å². The molecule has 6 nitrogen and oxygen atoms in total.